The molecule has 3 N–H and O–H groups in total. The lowest BCUT2D eigenvalue weighted by atomic mass is 10.4. The van der Waals surface area contributed by atoms with E-state index in [1.54, 1.807) is 0 Å². The Morgan fingerprint density at radius 3 is 2.58 bits per heavy atom. The number of nitrogens with zero attached hydrogens (tertiary/aromatic N) is 1. The number of hydrogen-bond donors (Lipinski definition) is 3. The second-order valence-electron chi connectivity index (χ2n) is 3.32. The van der Waals surface area contributed by atoms with Gasteiger partial charge >= 0.3 is 12.1 Å². The number of aromatic nitrogens is 2. The van der Waals surface area contributed by atoms with Crippen LogP contribution in [0.3, 0.4) is 0 Å². The molecule has 108 valence electrons. The number of alkyl halides is 3. The van der Waals surface area contributed by atoms with Gasteiger partial charge in [0.25, 0.3) is 10.0 Å². The number of aromatic amines is 1. The van der Waals surface area contributed by atoms with E-state index in [0.29, 0.717) is 0 Å². The minimum atomic E-state index is -4.73. The maximum absolute atomic E-state index is 11.8. The highest BCUT2D eigenvalue weighted by atomic mass is 32.2. The van der Waals surface area contributed by atoms with Crippen molar-refractivity contribution in [1.29, 1.82) is 0 Å². The van der Waals surface area contributed by atoms with Crippen LogP contribution in [-0.2, 0) is 14.9 Å². The predicted octanol–water partition coefficient (Wildman–Crippen LogP) is 0.189. The molecule has 0 saturated carbocycles. The maximum Gasteiger partial charge on any atom is 0.413 e. The zero-order valence-corrected chi connectivity index (χ0v) is 10.1. The summed E-state index contributed by atoms with van der Waals surface area (Å²) in [4.78, 5) is 14.9. The van der Waals surface area contributed by atoms with E-state index in [-0.39, 0.29) is 5.69 Å². The Labute approximate surface area is 104 Å². The van der Waals surface area contributed by atoms with Crippen LogP contribution in [0.5, 0.6) is 0 Å². The Bertz CT molecular complexity index is 579. The quantitative estimate of drug-likeness (QED) is 0.667. The van der Waals surface area contributed by atoms with Gasteiger partial charge in [-0.1, -0.05) is 4.89 Å². The molecule has 19 heavy (non-hydrogen) atoms. The lowest BCUT2D eigenvalue weighted by molar-refractivity contribution is -0.181. The molecule has 0 radical (unpaired) electrons. The number of aryl methyl sites for hydroxylation is 1. The number of aromatic carboxylic acids is 1. The number of nitrogens with one attached hydrogen (secondary N) is 2. The van der Waals surface area contributed by atoms with Crippen molar-refractivity contribution >= 4 is 16.0 Å². The Balaban J connectivity index is 2.95. The van der Waals surface area contributed by atoms with Gasteiger partial charge in [0.05, 0.1) is 5.69 Å². The molecule has 1 heterocycles. The molecule has 0 bridgehead atoms. The van der Waals surface area contributed by atoms with E-state index in [1.807, 2.05) is 0 Å². The molecule has 0 aliphatic heterocycles. The van der Waals surface area contributed by atoms with Crippen molar-refractivity contribution < 1.29 is 36.3 Å². The molecular weight excluding hydrogens is 295 g/mol. The number of carboxylic acids is 1. The molecule has 0 spiro atoms. The molecule has 0 fully saturated rings. The largest absolute Gasteiger partial charge is 0.476 e. The predicted molar refractivity (Wildman–Crippen MR) is 52.6 cm³/mol. The van der Waals surface area contributed by atoms with E-state index in [2.05, 4.69) is 15.0 Å². The molecular formula is C7H8F3N3O5S. The fourth-order valence-electron chi connectivity index (χ4n) is 1.12. The van der Waals surface area contributed by atoms with Crippen molar-refractivity contribution in [3.63, 3.8) is 0 Å². The van der Waals surface area contributed by atoms with Gasteiger partial charge in [-0.25, -0.2) is 13.2 Å². The van der Waals surface area contributed by atoms with Crippen LogP contribution in [0, 0.1) is 6.92 Å². The van der Waals surface area contributed by atoms with Crippen LogP contribution in [0.1, 0.15) is 16.2 Å². The third-order valence-electron chi connectivity index (χ3n) is 1.77. The average Bonchev–Trinajstić information content (AvgIpc) is 2.58. The van der Waals surface area contributed by atoms with Gasteiger partial charge in [0, 0.05) is 0 Å². The van der Waals surface area contributed by atoms with E-state index < -0.39 is 39.4 Å². The number of hydrogen-bond acceptors (Lipinski definition) is 5. The van der Waals surface area contributed by atoms with Crippen molar-refractivity contribution in [2.24, 2.45) is 0 Å². The van der Waals surface area contributed by atoms with Crippen molar-refractivity contribution in [2.75, 3.05) is 6.61 Å². The topological polar surface area (TPSA) is 121 Å². The molecule has 1 aromatic rings. The first kappa shape index (κ1) is 15.4. The first-order chi connectivity index (χ1) is 8.54. The van der Waals surface area contributed by atoms with Crippen LogP contribution in [0.25, 0.3) is 0 Å². The molecule has 0 atom stereocenters. The Morgan fingerprint density at radius 2 is 2.11 bits per heavy atom. The zero-order chi connectivity index (χ0) is 14.8. The molecule has 0 aromatic carbocycles. The molecule has 0 amide bonds. The van der Waals surface area contributed by atoms with Gasteiger partial charge in [-0.15, -0.1) is 0 Å². The second-order valence-corrected chi connectivity index (χ2v) is 4.90. The number of rotatable bonds is 5. The van der Waals surface area contributed by atoms with E-state index in [4.69, 9.17) is 5.11 Å². The third-order valence-corrected chi connectivity index (χ3v) is 3.14. The Hall–Kier alpha value is -1.66. The normalized spacial score (nSPS) is 12.6. The molecule has 8 nitrogen and oxygen atoms in total. The summed E-state index contributed by atoms with van der Waals surface area (Å²) in [6.07, 6.45) is -4.73. The van der Waals surface area contributed by atoms with Crippen LogP contribution < -0.4 is 4.89 Å². The average molecular weight is 303 g/mol. The summed E-state index contributed by atoms with van der Waals surface area (Å²) in [7, 11) is -4.59. The van der Waals surface area contributed by atoms with Crippen molar-refractivity contribution in [2.45, 2.75) is 18.0 Å². The van der Waals surface area contributed by atoms with Gasteiger partial charge in [0.1, 0.15) is 4.90 Å². The van der Waals surface area contributed by atoms with E-state index in [0.717, 1.165) is 0 Å². The van der Waals surface area contributed by atoms with Gasteiger partial charge in [-0.3, -0.25) is 9.94 Å². The van der Waals surface area contributed by atoms with Crippen molar-refractivity contribution in [1.82, 2.24) is 15.1 Å². The highest BCUT2D eigenvalue weighted by Crippen LogP contribution is 2.18. The lowest BCUT2D eigenvalue weighted by Gasteiger charge is -2.09. The van der Waals surface area contributed by atoms with Gasteiger partial charge in [-0.05, 0) is 6.92 Å². The molecule has 12 heteroatoms. The van der Waals surface area contributed by atoms with Crippen LogP contribution in [0.15, 0.2) is 4.90 Å². The summed E-state index contributed by atoms with van der Waals surface area (Å²) in [5.74, 6) is -1.65. The van der Waals surface area contributed by atoms with Gasteiger partial charge in [0.15, 0.2) is 12.3 Å². The first-order valence-electron chi connectivity index (χ1n) is 4.53. The fourth-order valence-corrected chi connectivity index (χ4v) is 2.26. The molecule has 0 unspecified atom stereocenters. The summed E-state index contributed by atoms with van der Waals surface area (Å²) >= 11 is 0. The van der Waals surface area contributed by atoms with Crippen LogP contribution in [-0.4, -0.2) is 42.5 Å². The summed E-state index contributed by atoms with van der Waals surface area (Å²) in [6, 6.07) is 0. The van der Waals surface area contributed by atoms with Gasteiger partial charge in [-0.2, -0.15) is 18.3 Å². The van der Waals surface area contributed by atoms with Gasteiger partial charge < -0.3 is 5.11 Å². The molecule has 0 saturated heterocycles. The summed E-state index contributed by atoms with van der Waals surface area (Å²) in [6.45, 7) is -0.663. The summed E-state index contributed by atoms with van der Waals surface area (Å²) in [5.41, 5.74) is -0.999. The van der Waals surface area contributed by atoms with Crippen LogP contribution >= 0.6 is 0 Å². The SMILES string of the molecule is Cc1[nH]nc(C(=O)O)c1S(=O)(=O)NOCC(F)(F)F. The standard InChI is InChI=1S/C7H8F3N3O5S/c1-3-5(4(6(14)15)12-11-3)19(16,17)13-18-2-7(8,9)10/h13H,2H2,1H3,(H,11,12)(H,14,15). The van der Waals surface area contributed by atoms with Crippen LogP contribution in [0.2, 0.25) is 0 Å². The third kappa shape index (κ3) is 3.90. The molecule has 0 aliphatic carbocycles. The zero-order valence-electron chi connectivity index (χ0n) is 9.28. The van der Waals surface area contributed by atoms with Gasteiger partial charge in [0.2, 0.25) is 0 Å². The fraction of sp³-hybridized carbons (Fsp3) is 0.429. The van der Waals surface area contributed by atoms with Crippen molar-refractivity contribution in [3.8, 4) is 0 Å². The van der Waals surface area contributed by atoms with E-state index in [9.17, 15) is 26.4 Å². The Morgan fingerprint density at radius 1 is 1.53 bits per heavy atom. The van der Waals surface area contributed by atoms with E-state index in [1.165, 1.54) is 11.8 Å². The minimum absolute atomic E-state index is 0.152. The molecule has 1 aromatic heterocycles. The van der Waals surface area contributed by atoms with E-state index >= 15 is 0 Å². The van der Waals surface area contributed by atoms with Crippen molar-refractivity contribution in [3.05, 3.63) is 11.4 Å². The monoisotopic (exact) mass is 303 g/mol. The number of sulfonamides is 1. The Kier molecular flexibility index (Phi) is 4.17. The highest BCUT2D eigenvalue weighted by Gasteiger charge is 2.32. The summed E-state index contributed by atoms with van der Waals surface area (Å²) in [5, 5.41) is 14.0. The highest BCUT2D eigenvalue weighted by molar-refractivity contribution is 7.89. The number of carboxylic acid groups (broad SMARTS) is 1. The first-order valence-corrected chi connectivity index (χ1v) is 6.01. The summed E-state index contributed by atoms with van der Waals surface area (Å²) < 4.78 is 58.6. The maximum atomic E-state index is 11.8. The second kappa shape index (κ2) is 5.14. The minimum Gasteiger partial charge on any atom is -0.476 e. The number of carbonyl (C=O) groups is 1. The smallest absolute Gasteiger partial charge is 0.413 e. The molecule has 1 rings (SSSR count). The number of halogens is 3. The lowest BCUT2D eigenvalue weighted by Crippen LogP contribution is -2.30. The molecule has 0 aliphatic rings. The van der Waals surface area contributed by atoms with Crippen LogP contribution in [0.4, 0.5) is 13.2 Å². The number of H-pyrrole nitrogens is 1.